The molecule has 0 radical (unpaired) electrons. The van der Waals surface area contributed by atoms with Crippen LogP contribution in [-0.2, 0) is 9.53 Å². The monoisotopic (exact) mass is 317 g/mol. The largest absolute Gasteiger partial charge is 0.467 e. The quantitative estimate of drug-likeness (QED) is 0.768. The molecule has 3 rings (SSSR count). The summed E-state index contributed by atoms with van der Waals surface area (Å²) in [7, 11) is 1.51. The number of rotatable bonds is 5. The molecule has 8 nitrogen and oxygen atoms in total. The standard InChI is InChI=1S/C15H19N5O3/c1-5-23-14(21)11-6-10(11)12-7-13(18-15(17-12)22-4)20-9(3)16-8(2)19-20/h7,10-11H,5-6H2,1-4H3/t10?,11-/m0/s1. The summed E-state index contributed by atoms with van der Waals surface area (Å²) in [4.78, 5) is 24.8. The van der Waals surface area contributed by atoms with Gasteiger partial charge in [-0.15, -0.1) is 5.10 Å². The Labute approximate surface area is 133 Å². The van der Waals surface area contributed by atoms with E-state index < -0.39 is 0 Å². The van der Waals surface area contributed by atoms with Crippen molar-refractivity contribution in [3.05, 3.63) is 23.4 Å². The zero-order chi connectivity index (χ0) is 16.6. The van der Waals surface area contributed by atoms with E-state index in [0.717, 1.165) is 17.9 Å². The zero-order valence-electron chi connectivity index (χ0n) is 13.6. The molecule has 0 aromatic carbocycles. The molecule has 0 saturated heterocycles. The van der Waals surface area contributed by atoms with Gasteiger partial charge in [-0.3, -0.25) is 4.79 Å². The number of hydrogen-bond donors (Lipinski definition) is 0. The molecule has 1 aliphatic carbocycles. The van der Waals surface area contributed by atoms with Crippen LogP contribution < -0.4 is 4.74 Å². The smallest absolute Gasteiger partial charge is 0.318 e. The number of esters is 1. The van der Waals surface area contributed by atoms with E-state index in [-0.39, 0.29) is 23.8 Å². The van der Waals surface area contributed by atoms with Gasteiger partial charge in [0.2, 0.25) is 0 Å². The maximum Gasteiger partial charge on any atom is 0.318 e. The number of aromatic nitrogens is 5. The zero-order valence-corrected chi connectivity index (χ0v) is 13.6. The van der Waals surface area contributed by atoms with Crippen molar-refractivity contribution in [3.8, 4) is 11.8 Å². The van der Waals surface area contributed by atoms with Crippen molar-refractivity contribution in [1.82, 2.24) is 24.7 Å². The van der Waals surface area contributed by atoms with Crippen molar-refractivity contribution in [1.29, 1.82) is 0 Å². The van der Waals surface area contributed by atoms with Crippen molar-refractivity contribution in [2.45, 2.75) is 33.1 Å². The van der Waals surface area contributed by atoms with Crippen LogP contribution in [0.5, 0.6) is 6.01 Å². The molecule has 122 valence electrons. The van der Waals surface area contributed by atoms with E-state index in [4.69, 9.17) is 9.47 Å². The van der Waals surface area contributed by atoms with E-state index in [1.54, 1.807) is 11.6 Å². The highest BCUT2D eigenvalue weighted by molar-refractivity contribution is 5.77. The van der Waals surface area contributed by atoms with Gasteiger partial charge >= 0.3 is 12.0 Å². The molecule has 23 heavy (non-hydrogen) atoms. The Bertz CT molecular complexity index is 743. The Morgan fingerprint density at radius 3 is 2.74 bits per heavy atom. The Hall–Kier alpha value is -2.51. The average molecular weight is 317 g/mol. The summed E-state index contributed by atoms with van der Waals surface area (Å²) in [5.41, 5.74) is 0.762. The van der Waals surface area contributed by atoms with Crippen molar-refractivity contribution >= 4 is 5.97 Å². The Balaban J connectivity index is 1.92. The van der Waals surface area contributed by atoms with Crippen LogP contribution in [0.3, 0.4) is 0 Å². The van der Waals surface area contributed by atoms with Gasteiger partial charge in [-0.1, -0.05) is 0 Å². The lowest BCUT2D eigenvalue weighted by Gasteiger charge is -2.08. The molecule has 0 amide bonds. The first-order valence-corrected chi connectivity index (χ1v) is 7.53. The van der Waals surface area contributed by atoms with Gasteiger partial charge in [0.1, 0.15) is 11.6 Å². The Morgan fingerprint density at radius 2 is 2.13 bits per heavy atom. The molecule has 2 aromatic heterocycles. The number of carbonyl (C=O) groups excluding carboxylic acids is 1. The summed E-state index contributed by atoms with van der Waals surface area (Å²) in [6.07, 6.45) is 0.730. The molecule has 1 saturated carbocycles. The van der Waals surface area contributed by atoms with Crippen LogP contribution in [0.4, 0.5) is 0 Å². The number of ether oxygens (including phenoxy) is 2. The molecular weight excluding hydrogens is 298 g/mol. The first kappa shape index (κ1) is 15.4. The van der Waals surface area contributed by atoms with Crippen molar-refractivity contribution in [2.75, 3.05) is 13.7 Å². The van der Waals surface area contributed by atoms with Gasteiger partial charge in [-0.05, 0) is 27.2 Å². The minimum atomic E-state index is -0.176. The molecule has 2 heterocycles. The van der Waals surface area contributed by atoms with Gasteiger partial charge < -0.3 is 9.47 Å². The van der Waals surface area contributed by atoms with Gasteiger partial charge in [-0.25, -0.2) is 4.98 Å². The predicted molar refractivity (Wildman–Crippen MR) is 80.5 cm³/mol. The summed E-state index contributed by atoms with van der Waals surface area (Å²) >= 11 is 0. The van der Waals surface area contributed by atoms with E-state index in [9.17, 15) is 4.79 Å². The minimum Gasteiger partial charge on any atom is -0.467 e. The van der Waals surface area contributed by atoms with Gasteiger partial charge in [0, 0.05) is 12.0 Å². The lowest BCUT2D eigenvalue weighted by Crippen LogP contribution is -2.09. The highest BCUT2D eigenvalue weighted by Gasteiger charge is 2.46. The minimum absolute atomic E-state index is 0.0367. The fraction of sp³-hybridized carbons (Fsp3) is 0.533. The van der Waals surface area contributed by atoms with Gasteiger partial charge in [0.15, 0.2) is 5.82 Å². The third-order valence-electron chi connectivity index (χ3n) is 3.75. The Morgan fingerprint density at radius 1 is 1.35 bits per heavy atom. The van der Waals surface area contributed by atoms with E-state index >= 15 is 0 Å². The van der Waals surface area contributed by atoms with Crippen LogP contribution in [0, 0.1) is 19.8 Å². The Kier molecular flexibility index (Phi) is 3.97. The molecule has 8 heteroatoms. The second-order valence-electron chi connectivity index (χ2n) is 5.46. The molecule has 1 fully saturated rings. The van der Waals surface area contributed by atoms with Crippen LogP contribution in [0.25, 0.3) is 5.82 Å². The number of hydrogen-bond acceptors (Lipinski definition) is 7. The maximum absolute atomic E-state index is 11.8. The number of nitrogens with zero attached hydrogens (tertiary/aromatic N) is 5. The second kappa shape index (κ2) is 5.94. The number of aryl methyl sites for hydroxylation is 2. The van der Waals surface area contributed by atoms with E-state index in [2.05, 4.69) is 20.1 Å². The van der Waals surface area contributed by atoms with E-state index in [1.807, 2.05) is 19.9 Å². The molecule has 2 aromatic rings. The molecule has 2 atom stereocenters. The maximum atomic E-state index is 11.8. The van der Waals surface area contributed by atoms with Gasteiger partial charge in [0.05, 0.1) is 25.3 Å². The lowest BCUT2D eigenvalue weighted by molar-refractivity contribution is -0.144. The fourth-order valence-corrected chi connectivity index (χ4v) is 2.59. The van der Waals surface area contributed by atoms with E-state index in [0.29, 0.717) is 18.2 Å². The van der Waals surface area contributed by atoms with Gasteiger partial charge in [0.25, 0.3) is 0 Å². The molecule has 0 spiro atoms. The second-order valence-corrected chi connectivity index (χ2v) is 5.46. The summed E-state index contributed by atoms with van der Waals surface area (Å²) in [6, 6.07) is 2.08. The third kappa shape index (κ3) is 3.01. The van der Waals surface area contributed by atoms with Crippen LogP contribution in [-0.4, -0.2) is 44.4 Å². The molecular formula is C15H19N5O3. The molecule has 0 N–H and O–H groups in total. The molecule has 0 aliphatic heterocycles. The highest BCUT2D eigenvalue weighted by Crippen LogP contribution is 2.48. The van der Waals surface area contributed by atoms with Crippen LogP contribution in [0.2, 0.25) is 0 Å². The lowest BCUT2D eigenvalue weighted by atomic mass is 10.2. The van der Waals surface area contributed by atoms with Crippen molar-refractivity contribution in [2.24, 2.45) is 5.92 Å². The van der Waals surface area contributed by atoms with Gasteiger partial charge in [-0.2, -0.15) is 14.6 Å². The first-order chi connectivity index (χ1) is 11.0. The topological polar surface area (TPSA) is 92.0 Å². The number of methoxy groups -OCH3 is 1. The normalized spacial score (nSPS) is 19.5. The summed E-state index contributed by atoms with van der Waals surface area (Å²) < 4.78 is 11.9. The number of carbonyl (C=O) groups is 1. The van der Waals surface area contributed by atoms with E-state index in [1.165, 1.54) is 7.11 Å². The summed E-state index contributed by atoms with van der Waals surface area (Å²) in [5, 5.41) is 4.33. The van der Waals surface area contributed by atoms with Crippen LogP contribution >= 0.6 is 0 Å². The third-order valence-corrected chi connectivity index (χ3v) is 3.75. The fourth-order valence-electron chi connectivity index (χ4n) is 2.59. The highest BCUT2D eigenvalue weighted by atomic mass is 16.5. The molecule has 1 aliphatic rings. The SMILES string of the molecule is CCOC(=O)[C@H]1CC1c1cc(-n2nc(C)nc2C)nc(OC)n1. The summed E-state index contributed by atoms with van der Waals surface area (Å²) in [6.45, 7) is 5.86. The first-order valence-electron chi connectivity index (χ1n) is 7.53. The molecule has 1 unspecified atom stereocenters. The average Bonchev–Trinajstić information content (AvgIpc) is 3.26. The van der Waals surface area contributed by atoms with Crippen molar-refractivity contribution < 1.29 is 14.3 Å². The molecule has 0 bridgehead atoms. The van der Waals surface area contributed by atoms with Crippen LogP contribution in [0.1, 0.15) is 36.6 Å². The summed E-state index contributed by atoms with van der Waals surface area (Å²) in [5.74, 6) is 1.70. The predicted octanol–water partition coefficient (Wildman–Crippen LogP) is 1.35. The van der Waals surface area contributed by atoms with Crippen molar-refractivity contribution in [3.63, 3.8) is 0 Å². The van der Waals surface area contributed by atoms with Crippen LogP contribution in [0.15, 0.2) is 6.07 Å².